The van der Waals surface area contributed by atoms with Gasteiger partial charge in [-0.25, -0.2) is 14.8 Å². The number of ether oxygens (including phenoxy) is 2. The van der Waals surface area contributed by atoms with Crippen LogP contribution in [0.3, 0.4) is 0 Å². The Balaban J connectivity index is 1.83. The molecule has 2 aromatic heterocycles. The van der Waals surface area contributed by atoms with Gasteiger partial charge in [0.05, 0.1) is 12.1 Å². The average Bonchev–Trinajstić information content (AvgIpc) is 2.84. The molecule has 0 aliphatic carbocycles. The summed E-state index contributed by atoms with van der Waals surface area (Å²) in [5, 5.41) is 0. The fourth-order valence-corrected chi connectivity index (χ4v) is 1.97. The number of nitrogens with zero attached hydrogens (tertiary/aromatic N) is 2. The van der Waals surface area contributed by atoms with Crippen LogP contribution in [-0.2, 0) is 9.53 Å². The molecule has 0 bridgehead atoms. The van der Waals surface area contributed by atoms with Crippen molar-refractivity contribution in [2.75, 3.05) is 13.2 Å². The van der Waals surface area contributed by atoms with Crippen molar-refractivity contribution in [1.82, 2.24) is 9.97 Å². The molecule has 96 valence electrons. The number of fused-ring (bicyclic) bond motifs is 1. The molecule has 0 unspecified atom stereocenters. The number of esters is 1. The summed E-state index contributed by atoms with van der Waals surface area (Å²) in [4.78, 5) is 20.5. The largest absolute Gasteiger partial charge is 0.466 e. The van der Waals surface area contributed by atoms with Crippen molar-refractivity contribution in [2.24, 2.45) is 0 Å². The van der Waals surface area contributed by atoms with Gasteiger partial charge < -0.3 is 9.47 Å². The van der Waals surface area contributed by atoms with Crippen molar-refractivity contribution in [3.8, 4) is 5.88 Å². The van der Waals surface area contributed by atoms with Crippen molar-refractivity contribution in [3.05, 3.63) is 17.6 Å². The number of hydrogen-bond acceptors (Lipinski definition) is 6. The molecule has 0 saturated carbocycles. The Labute approximate surface area is 109 Å². The molecule has 5 nitrogen and oxygen atoms in total. The van der Waals surface area contributed by atoms with E-state index in [9.17, 15) is 4.79 Å². The average molecular weight is 266 g/mol. The van der Waals surface area contributed by atoms with Gasteiger partial charge in [-0.2, -0.15) is 0 Å². The lowest BCUT2D eigenvalue weighted by Crippen LogP contribution is -2.15. The third kappa shape index (κ3) is 3.40. The summed E-state index contributed by atoms with van der Waals surface area (Å²) in [6, 6.07) is 3.51. The Morgan fingerprint density at radius 1 is 1.44 bits per heavy atom. The third-order valence-corrected chi connectivity index (χ3v) is 3.00. The topological polar surface area (TPSA) is 61.3 Å². The lowest BCUT2D eigenvalue weighted by atomic mass is 10.4. The zero-order chi connectivity index (χ0) is 12.8. The minimum absolute atomic E-state index is 0.110. The highest BCUT2D eigenvalue weighted by Gasteiger charge is 2.06. The highest BCUT2D eigenvalue weighted by molar-refractivity contribution is 7.16. The van der Waals surface area contributed by atoms with E-state index in [2.05, 4.69) is 9.97 Å². The van der Waals surface area contributed by atoms with Gasteiger partial charge in [0.2, 0.25) is 5.88 Å². The van der Waals surface area contributed by atoms with Crippen LogP contribution in [0.25, 0.3) is 10.3 Å². The number of rotatable bonds is 6. The summed E-state index contributed by atoms with van der Waals surface area (Å²) < 4.78 is 10.2. The van der Waals surface area contributed by atoms with Gasteiger partial charge in [-0.15, -0.1) is 11.3 Å². The number of aromatic nitrogens is 2. The predicted molar refractivity (Wildman–Crippen MR) is 68.8 cm³/mol. The first-order valence-corrected chi connectivity index (χ1v) is 6.66. The van der Waals surface area contributed by atoms with Gasteiger partial charge in [0.1, 0.15) is 10.3 Å². The molecule has 0 fully saturated rings. The highest BCUT2D eigenvalue weighted by atomic mass is 32.1. The van der Waals surface area contributed by atoms with Crippen molar-refractivity contribution in [1.29, 1.82) is 0 Å². The van der Waals surface area contributed by atoms with Crippen LogP contribution in [0.15, 0.2) is 17.6 Å². The van der Waals surface area contributed by atoms with Crippen LogP contribution in [0.4, 0.5) is 0 Å². The van der Waals surface area contributed by atoms with E-state index in [0.717, 1.165) is 23.2 Å². The van der Waals surface area contributed by atoms with Crippen LogP contribution in [0.5, 0.6) is 5.88 Å². The van der Waals surface area contributed by atoms with E-state index < -0.39 is 0 Å². The minimum atomic E-state index is -0.366. The minimum Gasteiger partial charge on any atom is -0.466 e. The van der Waals surface area contributed by atoms with E-state index in [4.69, 9.17) is 9.47 Å². The molecular formula is C12H14N2O3S. The van der Waals surface area contributed by atoms with E-state index in [0.29, 0.717) is 12.5 Å². The summed E-state index contributed by atoms with van der Waals surface area (Å²) in [6.45, 7) is 2.37. The maximum Gasteiger partial charge on any atom is 0.344 e. The molecule has 0 aromatic carbocycles. The van der Waals surface area contributed by atoms with Gasteiger partial charge in [0, 0.05) is 6.07 Å². The van der Waals surface area contributed by atoms with Crippen molar-refractivity contribution >= 4 is 27.7 Å². The molecule has 0 saturated heterocycles. The Bertz CT molecular complexity index is 527. The second kappa shape index (κ2) is 6.30. The van der Waals surface area contributed by atoms with Crippen molar-refractivity contribution < 1.29 is 14.3 Å². The first kappa shape index (κ1) is 12.8. The molecule has 2 rings (SSSR count). The van der Waals surface area contributed by atoms with Crippen LogP contribution >= 0.6 is 11.3 Å². The van der Waals surface area contributed by atoms with E-state index in [1.54, 1.807) is 11.6 Å². The maximum atomic E-state index is 11.3. The first-order chi connectivity index (χ1) is 8.79. The fraction of sp³-hybridized carbons (Fsp3) is 0.417. The summed E-state index contributed by atoms with van der Waals surface area (Å²) in [5.74, 6) is 0.0499. The summed E-state index contributed by atoms with van der Waals surface area (Å²) in [5.41, 5.74) is 2.55. The second-order valence-electron chi connectivity index (χ2n) is 3.69. The molecular weight excluding hydrogens is 252 g/mol. The molecule has 2 heterocycles. The molecule has 0 aliphatic heterocycles. The van der Waals surface area contributed by atoms with Gasteiger partial charge in [0.15, 0.2) is 6.61 Å². The van der Waals surface area contributed by atoms with Crippen LogP contribution < -0.4 is 4.74 Å². The number of thiazole rings is 1. The molecule has 0 spiro atoms. The van der Waals surface area contributed by atoms with Gasteiger partial charge in [0.25, 0.3) is 0 Å². The van der Waals surface area contributed by atoms with E-state index >= 15 is 0 Å². The van der Waals surface area contributed by atoms with Crippen molar-refractivity contribution in [2.45, 2.75) is 19.8 Å². The standard InChI is InChI=1S/C12H14N2O3S/c1-2-3-6-16-11(15)7-17-10-5-4-9-12(14-10)18-8-13-9/h4-5,8H,2-3,6-7H2,1H3. The number of hydrogen-bond donors (Lipinski definition) is 0. The van der Waals surface area contributed by atoms with Crippen LogP contribution in [-0.4, -0.2) is 29.2 Å². The molecule has 0 aliphatic rings. The molecule has 0 radical (unpaired) electrons. The molecule has 2 aromatic rings. The Morgan fingerprint density at radius 3 is 3.17 bits per heavy atom. The maximum absolute atomic E-state index is 11.3. The zero-order valence-corrected chi connectivity index (χ0v) is 10.9. The Hall–Kier alpha value is -1.69. The summed E-state index contributed by atoms with van der Waals surface area (Å²) >= 11 is 1.43. The van der Waals surface area contributed by atoms with Crippen molar-refractivity contribution in [3.63, 3.8) is 0 Å². The van der Waals surface area contributed by atoms with Gasteiger partial charge in [-0.1, -0.05) is 13.3 Å². The number of carbonyl (C=O) groups excluding carboxylic acids is 1. The van der Waals surface area contributed by atoms with Gasteiger partial charge >= 0.3 is 5.97 Å². The zero-order valence-electron chi connectivity index (χ0n) is 10.1. The quantitative estimate of drug-likeness (QED) is 0.593. The normalized spacial score (nSPS) is 10.5. The second-order valence-corrected chi connectivity index (χ2v) is 4.52. The summed E-state index contributed by atoms with van der Waals surface area (Å²) in [7, 11) is 0. The molecule has 6 heteroatoms. The molecule has 18 heavy (non-hydrogen) atoms. The monoisotopic (exact) mass is 266 g/mol. The Morgan fingerprint density at radius 2 is 2.33 bits per heavy atom. The number of carbonyl (C=O) groups is 1. The SMILES string of the molecule is CCCCOC(=O)COc1ccc2ncsc2n1. The first-order valence-electron chi connectivity index (χ1n) is 5.78. The lowest BCUT2D eigenvalue weighted by Gasteiger charge is -2.05. The smallest absolute Gasteiger partial charge is 0.344 e. The van der Waals surface area contributed by atoms with Crippen LogP contribution in [0.2, 0.25) is 0 Å². The Kier molecular flexibility index (Phi) is 4.46. The highest BCUT2D eigenvalue weighted by Crippen LogP contribution is 2.18. The molecule has 0 atom stereocenters. The van der Waals surface area contributed by atoms with Crippen LogP contribution in [0.1, 0.15) is 19.8 Å². The predicted octanol–water partition coefficient (Wildman–Crippen LogP) is 2.41. The van der Waals surface area contributed by atoms with Gasteiger partial charge in [-0.3, -0.25) is 0 Å². The third-order valence-electron chi connectivity index (χ3n) is 2.27. The lowest BCUT2D eigenvalue weighted by molar-refractivity contribution is -0.146. The van der Waals surface area contributed by atoms with E-state index in [1.807, 2.05) is 13.0 Å². The van der Waals surface area contributed by atoms with E-state index in [1.165, 1.54) is 11.3 Å². The van der Waals surface area contributed by atoms with Crippen LogP contribution in [0, 0.1) is 0 Å². The molecule has 0 amide bonds. The summed E-state index contributed by atoms with van der Waals surface area (Å²) in [6.07, 6.45) is 1.87. The number of pyridine rings is 1. The fourth-order valence-electron chi connectivity index (χ4n) is 1.32. The molecule has 0 N–H and O–H groups in total. The van der Waals surface area contributed by atoms with E-state index in [-0.39, 0.29) is 12.6 Å². The van der Waals surface area contributed by atoms with Gasteiger partial charge in [-0.05, 0) is 12.5 Å². The number of unbranched alkanes of at least 4 members (excludes halogenated alkanes) is 1.